The second-order valence-corrected chi connectivity index (χ2v) is 4.87. The summed E-state index contributed by atoms with van der Waals surface area (Å²) in [6.45, 7) is 2.01. The predicted octanol–water partition coefficient (Wildman–Crippen LogP) is 3.49. The van der Waals surface area contributed by atoms with Gasteiger partial charge in [-0.05, 0) is 24.1 Å². The summed E-state index contributed by atoms with van der Waals surface area (Å²) in [5.41, 5.74) is 3.18. The van der Waals surface area contributed by atoms with Crippen LogP contribution in [0, 0.1) is 6.92 Å². The van der Waals surface area contributed by atoms with E-state index in [1.165, 1.54) is 11.8 Å². The van der Waals surface area contributed by atoms with Crippen molar-refractivity contribution in [1.82, 2.24) is 4.98 Å². The Balaban J connectivity index is 2.06. The summed E-state index contributed by atoms with van der Waals surface area (Å²) in [6.07, 6.45) is 3.09. The van der Waals surface area contributed by atoms with E-state index in [2.05, 4.69) is 22.3 Å². The SMILES string of the molecule is Cc1cc(C=NO)cnc1SCc1ccccc1. The van der Waals surface area contributed by atoms with E-state index in [9.17, 15) is 0 Å². The van der Waals surface area contributed by atoms with Gasteiger partial charge >= 0.3 is 0 Å². The van der Waals surface area contributed by atoms with Gasteiger partial charge in [-0.1, -0.05) is 35.5 Å². The number of thioether (sulfide) groups is 1. The third-order valence-electron chi connectivity index (χ3n) is 2.48. The number of pyridine rings is 1. The Morgan fingerprint density at radius 1 is 1.33 bits per heavy atom. The number of rotatable bonds is 4. The zero-order chi connectivity index (χ0) is 12.8. The minimum atomic E-state index is 0.805. The molecule has 0 fully saturated rings. The van der Waals surface area contributed by atoms with Crippen molar-refractivity contribution in [3.63, 3.8) is 0 Å². The molecule has 0 atom stereocenters. The second-order valence-electron chi connectivity index (χ2n) is 3.91. The maximum atomic E-state index is 8.47. The highest BCUT2D eigenvalue weighted by molar-refractivity contribution is 7.98. The zero-order valence-corrected chi connectivity index (χ0v) is 10.9. The van der Waals surface area contributed by atoms with Gasteiger partial charge in [-0.15, -0.1) is 11.8 Å². The lowest BCUT2D eigenvalue weighted by molar-refractivity contribution is 0.322. The van der Waals surface area contributed by atoms with Gasteiger partial charge in [0.15, 0.2) is 0 Å². The van der Waals surface area contributed by atoms with E-state index in [1.54, 1.807) is 18.0 Å². The van der Waals surface area contributed by atoms with Gasteiger partial charge < -0.3 is 5.21 Å². The first kappa shape index (κ1) is 12.6. The third-order valence-corrected chi connectivity index (χ3v) is 3.66. The second kappa shape index (κ2) is 6.21. The first-order valence-electron chi connectivity index (χ1n) is 5.60. The third kappa shape index (κ3) is 3.34. The van der Waals surface area contributed by atoms with Gasteiger partial charge in [0.25, 0.3) is 0 Å². The molecule has 0 saturated carbocycles. The van der Waals surface area contributed by atoms with Crippen LogP contribution in [-0.4, -0.2) is 16.4 Å². The van der Waals surface area contributed by atoms with E-state index < -0.39 is 0 Å². The molecule has 1 aromatic carbocycles. The van der Waals surface area contributed by atoms with Crippen molar-refractivity contribution in [2.75, 3.05) is 0 Å². The quantitative estimate of drug-likeness (QED) is 0.395. The smallest absolute Gasteiger partial charge is 0.0992 e. The Kier molecular flexibility index (Phi) is 4.36. The fourth-order valence-corrected chi connectivity index (χ4v) is 2.51. The normalized spacial score (nSPS) is 10.9. The molecular weight excluding hydrogens is 244 g/mol. The van der Waals surface area contributed by atoms with Crippen LogP contribution in [-0.2, 0) is 5.75 Å². The number of hydrogen-bond acceptors (Lipinski definition) is 4. The minimum absolute atomic E-state index is 0.805. The van der Waals surface area contributed by atoms with E-state index in [4.69, 9.17) is 5.21 Å². The Bertz CT molecular complexity index is 541. The highest BCUT2D eigenvalue weighted by atomic mass is 32.2. The molecule has 0 saturated heterocycles. The molecule has 1 heterocycles. The van der Waals surface area contributed by atoms with Gasteiger partial charge in [0, 0.05) is 17.5 Å². The van der Waals surface area contributed by atoms with Gasteiger partial charge in [-0.3, -0.25) is 0 Å². The molecule has 0 aliphatic carbocycles. The summed E-state index contributed by atoms with van der Waals surface area (Å²) in [5, 5.41) is 12.5. The lowest BCUT2D eigenvalue weighted by Gasteiger charge is -2.05. The molecule has 0 spiro atoms. The maximum Gasteiger partial charge on any atom is 0.0992 e. The largest absolute Gasteiger partial charge is 0.411 e. The van der Waals surface area contributed by atoms with Gasteiger partial charge in [0.2, 0.25) is 0 Å². The maximum absolute atomic E-state index is 8.47. The molecule has 0 unspecified atom stereocenters. The molecule has 0 amide bonds. The molecule has 2 rings (SSSR count). The van der Waals surface area contributed by atoms with Gasteiger partial charge in [-0.2, -0.15) is 0 Å². The highest BCUT2D eigenvalue weighted by Gasteiger charge is 2.02. The number of aromatic nitrogens is 1. The van der Waals surface area contributed by atoms with E-state index in [1.807, 2.05) is 31.2 Å². The number of hydrogen-bond donors (Lipinski definition) is 1. The van der Waals surface area contributed by atoms with Crippen molar-refractivity contribution in [2.45, 2.75) is 17.7 Å². The molecule has 18 heavy (non-hydrogen) atoms. The minimum Gasteiger partial charge on any atom is -0.411 e. The van der Waals surface area contributed by atoms with E-state index in [0.29, 0.717) is 0 Å². The predicted molar refractivity (Wildman–Crippen MR) is 74.4 cm³/mol. The molecule has 0 radical (unpaired) electrons. The average molecular weight is 258 g/mol. The molecule has 3 nitrogen and oxygen atoms in total. The van der Waals surface area contributed by atoms with Crippen LogP contribution in [0.1, 0.15) is 16.7 Å². The summed E-state index contributed by atoms with van der Waals surface area (Å²) in [7, 11) is 0. The number of oxime groups is 1. The lowest BCUT2D eigenvalue weighted by Crippen LogP contribution is -1.91. The van der Waals surface area contributed by atoms with Crippen LogP contribution in [0.15, 0.2) is 52.8 Å². The van der Waals surface area contributed by atoms with Crippen LogP contribution >= 0.6 is 11.8 Å². The van der Waals surface area contributed by atoms with E-state index in [-0.39, 0.29) is 0 Å². The monoisotopic (exact) mass is 258 g/mol. The number of nitrogens with zero attached hydrogens (tertiary/aromatic N) is 2. The number of aryl methyl sites for hydroxylation is 1. The van der Waals surface area contributed by atoms with Gasteiger partial charge in [-0.25, -0.2) is 4.98 Å². The van der Waals surface area contributed by atoms with Crippen LogP contribution in [0.3, 0.4) is 0 Å². The highest BCUT2D eigenvalue weighted by Crippen LogP contribution is 2.24. The fraction of sp³-hybridized carbons (Fsp3) is 0.143. The van der Waals surface area contributed by atoms with Crippen LogP contribution in [0.2, 0.25) is 0 Å². The Hall–Kier alpha value is -1.81. The summed E-state index contributed by atoms with van der Waals surface area (Å²) < 4.78 is 0. The average Bonchev–Trinajstić information content (AvgIpc) is 2.39. The van der Waals surface area contributed by atoms with Crippen molar-refractivity contribution < 1.29 is 5.21 Å². The van der Waals surface area contributed by atoms with Crippen LogP contribution in [0.5, 0.6) is 0 Å². The van der Waals surface area contributed by atoms with E-state index in [0.717, 1.165) is 21.9 Å². The first-order valence-corrected chi connectivity index (χ1v) is 6.59. The molecule has 0 aliphatic rings. The first-order chi connectivity index (χ1) is 8.79. The standard InChI is InChI=1S/C14H14N2OS/c1-11-7-13(9-16-17)8-15-14(11)18-10-12-5-3-2-4-6-12/h2-9,17H,10H2,1H3. The summed E-state index contributed by atoms with van der Waals surface area (Å²) in [6, 6.07) is 12.3. The Morgan fingerprint density at radius 2 is 2.11 bits per heavy atom. The van der Waals surface area contributed by atoms with Gasteiger partial charge in [0.05, 0.1) is 11.2 Å². The van der Waals surface area contributed by atoms with Gasteiger partial charge in [0.1, 0.15) is 0 Å². The van der Waals surface area contributed by atoms with E-state index >= 15 is 0 Å². The zero-order valence-electron chi connectivity index (χ0n) is 10.1. The number of benzene rings is 1. The van der Waals surface area contributed by atoms with Crippen molar-refractivity contribution in [2.24, 2.45) is 5.16 Å². The van der Waals surface area contributed by atoms with Crippen molar-refractivity contribution in [3.05, 3.63) is 59.3 Å². The molecule has 1 aromatic heterocycles. The molecule has 4 heteroatoms. The summed E-state index contributed by atoms with van der Waals surface area (Å²) in [5.74, 6) is 0.905. The topological polar surface area (TPSA) is 45.5 Å². The van der Waals surface area contributed by atoms with Crippen molar-refractivity contribution >= 4 is 18.0 Å². The van der Waals surface area contributed by atoms with Crippen LogP contribution in [0.4, 0.5) is 0 Å². The molecule has 92 valence electrons. The lowest BCUT2D eigenvalue weighted by atomic mass is 10.2. The summed E-state index contributed by atoms with van der Waals surface area (Å²) >= 11 is 1.71. The molecular formula is C14H14N2OS. The molecule has 0 aliphatic heterocycles. The molecule has 1 N–H and O–H groups in total. The fourth-order valence-electron chi connectivity index (χ4n) is 1.60. The molecule has 0 bridgehead atoms. The van der Waals surface area contributed by atoms with Crippen molar-refractivity contribution in [1.29, 1.82) is 0 Å². The van der Waals surface area contributed by atoms with Crippen LogP contribution in [0.25, 0.3) is 0 Å². The Labute approximate surface area is 111 Å². The van der Waals surface area contributed by atoms with Crippen LogP contribution < -0.4 is 0 Å². The van der Waals surface area contributed by atoms with Crippen molar-refractivity contribution in [3.8, 4) is 0 Å². The summed E-state index contributed by atoms with van der Waals surface area (Å²) in [4.78, 5) is 4.37. The molecule has 2 aromatic rings. The Morgan fingerprint density at radius 3 is 2.78 bits per heavy atom.